The zero-order valence-electron chi connectivity index (χ0n) is 26.7. The van der Waals surface area contributed by atoms with Crippen LogP contribution in [0.1, 0.15) is 104 Å². The number of hydrogen-bond donors (Lipinski definition) is 1. The first kappa shape index (κ1) is 30.4. The number of nitrogens with one attached hydrogen (secondary N) is 1. The van der Waals surface area contributed by atoms with Crippen molar-refractivity contribution in [3.05, 3.63) is 94.4 Å². The SMILES string of the molecule is CCCCCCN1/C(=C/C2=C([O-])C(=C\C3[NH+](CCCCCC)c4ccccc4C3(C)C)/C2=O)C(C)(C)c2ccccc21. The molecule has 0 spiro atoms. The molecule has 0 aromatic heterocycles. The summed E-state index contributed by atoms with van der Waals surface area (Å²) in [6, 6.07) is 17.3. The monoisotopic (exact) mass is 566 g/mol. The summed E-state index contributed by atoms with van der Waals surface area (Å²) in [5, 5.41) is 13.7. The van der Waals surface area contributed by atoms with Crippen LogP contribution in [0.5, 0.6) is 0 Å². The molecule has 0 amide bonds. The summed E-state index contributed by atoms with van der Waals surface area (Å²) < 4.78 is 0. The second-order valence-corrected chi connectivity index (χ2v) is 13.6. The zero-order chi connectivity index (χ0) is 30.1. The largest absolute Gasteiger partial charge is 0.871 e. The molecule has 3 aliphatic rings. The molecule has 2 atom stereocenters. The number of fused-ring (bicyclic) bond motifs is 2. The van der Waals surface area contributed by atoms with Gasteiger partial charge in [-0.3, -0.25) is 9.69 Å². The summed E-state index contributed by atoms with van der Waals surface area (Å²) in [6.45, 7) is 15.3. The molecule has 0 bridgehead atoms. The van der Waals surface area contributed by atoms with Gasteiger partial charge >= 0.3 is 0 Å². The molecule has 2 heterocycles. The molecule has 4 nitrogen and oxygen atoms in total. The molecule has 5 rings (SSSR count). The highest BCUT2D eigenvalue weighted by atomic mass is 16.3. The van der Waals surface area contributed by atoms with Gasteiger partial charge in [0.2, 0.25) is 0 Å². The fraction of sp³-hybridized carbons (Fsp3) is 0.500. The molecule has 4 heteroatoms. The van der Waals surface area contributed by atoms with Crippen LogP contribution in [0.15, 0.2) is 83.3 Å². The Balaban J connectivity index is 1.47. The van der Waals surface area contributed by atoms with Crippen LogP contribution in [-0.2, 0) is 15.6 Å². The quantitative estimate of drug-likeness (QED) is 0.226. The van der Waals surface area contributed by atoms with Gasteiger partial charge in [-0.15, -0.1) is 0 Å². The lowest BCUT2D eigenvalue weighted by Gasteiger charge is -2.35. The van der Waals surface area contributed by atoms with Crippen LogP contribution in [0.4, 0.5) is 11.4 Å². The standard InChI is InChI=1S/C38H50N2O2/c1-7-9-11-17-23-39-31-21-15-13-19-29(31)37(3,4)33(39)25-27-35(41)28(36(27)42)26-34-38(5,6)30-20-14-16-22-32(30)40(34)24-18-12-10-8-2/h13-16,19-22,25-26,33,41H,7-12,17-18,23-24H2,1-6H3/b27-25+,34-26+. The summed E-state index contributed by atoms with van der Waals surface area (Å²) in [4.78, 5) is 17.5. The number of ketones is 1. The highest BCUT2D eigenvalue weighted by molar-refractivity contribution is 6.20. The van der Waals surface area contributed by atoms with Crippen molar-refractivity contribution >= 4 is 17.2 Å². The number of Topliss-reactive ketones (excluding diaryl/α,β-unsaturated/α-hetero) is 1. The molecule has 2 aromatic rings. The van der Waals surface area contributed by atoms with Gasteiger partial charge in [-0.1, -0.05) is 102 Å². The van der Waals surface area contributed by atoms with Crippen molar-refractivity contribution in [2.24, 2.45) is 0 Å². The smallest absolute Gasteiger partial charge is 0.191 e. The highest BCUT2D eigenvalue weighted by Crippen LogP contribution is 2.49. The molecule has 0 fully saturated rings. The Morgan fingerprint density at radius 1 is 0.857 bits per heavy atom. The van der Waals surface area contributed by atoms with E-state index in [9.17, 15) is 9.90 Å². The first-order chi connectivity index (χ1) is 20.1. The summed E-state index contributed by atoms with van der Waals surface area (Å²) in [6.07, 6.45) is 13.4. The van der Waals surface area contributed by atoms with E-state index in [1.807, 2.05) is 12.2 Å². The van der Waals surface area contributed by atoms with E-state index in [4.69, 9.17) is 0 Å². The topological polar surface area (TPSA) is 47.8 Å². The first-order valence-electron chi connectivity index (χ1n) is 16.4. The number of benzene rings is 2. The average Bonchev–Trinajstić information content (AvgIpc) is 3.33. The van der Waals surface area contributed by atoms with E-state index < -0.39 is 0 Å². The van der Waals surface area contributed by atoms with E-state index in [-0.39, 0.29) is 28.4 Å². The third kappa shape index (κ3) is 5.28. The maximum Gasteiger partial charge on any atom is 0.191 e. The summed E-state index contributed by atoms with van der Waals surface area (Å²) in [5.41, 5.74) is 6.44. The fourth-order valence-electron chi connectivity index (χ4n) is 7.50. The summed E-state index contributed by atoms with van der Waals surface area (Å²) in [5.74, 6) is -0.190. The van der Waals surface area contributed by atoms with Crippen molar-refractivity contribution < 1.29 is 14.8 Å². The Kier molecular flexibility index (Phi) is 8.85. The summed E-state index contributed by atoms with van der Waals surface area (Å²) >= 11 is 0. The van der Waals surface area contributed by atoms with Crippen LogP contribution >= 0.6 is 0 Å². The number of unbranched alkanes of at least 4 members (excludes halogenated alkanes) is 6. The number of para-hydroxylation sites is 2. The molecule has 2 unspecified atom stereocenters. The number of anilines is 1. The van der Waals surface area contributed by atoms with Gasteiger partial charge in [-0.25, -0.2) is 0 Å². The van der Waals surface area contributed by atoms with E-state index in [2.05, 4.69) is 95.0 Å². The lowest BCUT2D eigenvalue weighted by Crippen LogP contribution is -3.10. The van der Waals surface area contributed by atoms with Crippen molar-refractivity contribution in [1.29, 1.82) is 0 Å². The van der Waals surface area contributed by atoms with Crippen LogP contribution in [0.3, 0.4) is 0 Å². The van der Waals surface area contributed by atoms with Crippen LogP contribution in [0.2, 0.25) is 0 Å². The van der Waals surface area contributed by atoms with Crippen LogP contribution in [0, 0.1) is 0 Å². The normalized spacial score (nSPS) is 24.0. The van der Waals surface area contributed by atoms with Gasteiger partial charge in [0.15, 0.2) is 5.78 Å². The molecule has 1 N–H and O–H groups in total. The van der Waals surface area contributed by atoms with Crippen molar-refractivity contribution in [2.75, 3.05) is 18.0 Å². The lowest BCUT2D eigenvalue weighted by molar-refractivity contribution is -0.850. The highest BCUT2D eigenvalue weighted by Gasteiger charge is 2.49. The van der Waals surface area contributed by atoms with Gasteiger partial charge in [-0.05, 0) is 63.0 Å². The van der Waals surface area contributed by atoms with Gasteiger partial charge in [0.25, 0.3) is 0 Å². The van der Waals surface area contributed by atoms with Gasteiger partial charge in [0.1, 0.15) is 11.7 Å². The van der Waals surface area contributed by atoms with Crippen LogP contribution < -0.4 is 14.9 Å². The molecule has 2 aromatic carbocycles. The number of quaternary nitrogens is 1. The third-order valence-corrected chi connectivity index (χ3v) is 10.0. The zero-order valence-corrected chi connectivity index (χ0v) is 26.7. The number of allylic oxidation sites excluding steroid dienone is 4. The van der Waals surface area contributed by atoms with E-state index in [0.29, 0.717) is 11.1 Å². The summed E-state index contributed by atoms with van der Waals surface area (Å²) in [7, 11) is 0. The molecular formula is C38H50N2O2. The minimum Gasteiger partial charge on any atom is -0.871 e. The van der Waals surface area contributed by atoms with Crippen molar-refractivity contribution in [2.45, 2.75) is 110 Å². The number of hydrogen-bond acceptors (Lipinski definition) is 3. The third-order valence-electron chi connectivity index (χ3n) is 10.0. The molecule has 42 heavy (non-hydrogen) atoms. The fourth-order valence-corrected chi connectivity index (χ4v) is 7.50. The van der Waals surface area contributed by atoms with Gasteiger partial charge < -0.3 is 10.0 Å². The second kappa shape index (κ2) is 12.2. The number of nitrogens with zero attached hydrogens (tertiary/aromatic N) is 1. The van der Waals surface area contributed by atoms with Crippen molar-refractivity contribution in [3.8, 4) is 0 Å². The Hall–Kier alpha value is -3.11. The molecule has 224 valence electrons. The van der Waals surface area contributed by atoms with Crippen molar-refractivity contribution in [3.63, 3.8) is 0 Å². The molecule has 0 radical (unpaired) electrons. The minimum absolute atomic E-state index is 0.0517. The minimum atomic E-state index is -0.275. The average molecular weight is 567 g/mol. The molecular weight excluding hydrogens is 516 g/mol. The Bertz CT molecular complexity index is 1410. The second-order valence-electron chi connectivity index (χ2n) is 13.6. The molecule has 0 saturated heterocycles. The Labute approximate surface area is 253 Å². The molecule has 2 aliphatic heterocycles. The Morgan fingerprint density at radius 3 is 2.19 bits per heavy atom. The van der Waals surface area contributed by atoms with Crippen molar-refractivity contribution in [1.82, 2.24) is 0 Å². The maximum atomic E-state index is 13.7. The number of rotatable bonds is 12. The lowest BCUT2D eigenvalue weighted by atomic mass is 9.76. The van der Waals surface area contributed by atoms with E-state index >= 15 is 0 Å². The van der Waals surface area contributed by atoms with E-state index in [1.165, 1.54) is 65.9 Å². The van der Waals surface area contributed by atoms with Gasteiger partial charge in [0, 0.05) is 40.1 Å². The number of carbonyl (C=O) groups excluding carboxylic acids is 1. The molecule has 1 aliphatic carbocycles. The Morgan fingerprint density at radius 2 is 1.50 bits per heavy atom. The van der Waals surface area contributed by atoms with Gasteiger partial charge in [-0.2, -0.15) is 0 Å². The van der Waals surface area contributed by atoms with Gasteiger partial charge in [0.05, 0.1) is 12.0 Å². The number of carbonyl (C=O) groups is 1. The molecule has 0 saturated carbocycles. The van der Waals surface area contributed by atoms with Crippen LogP contribution in [0.25, 0.3) is 0 Å². The predicted molar refractivity (Wildman–Crippen MR) is 172 cm³/mol. The van der Waals surface area contributed by atoms with E-state index in [0.717, 1.165) is 31.6 Å². The maximum absolute atomic E-state index is 13.7. The predicted octanol–water partition coefficient (Wildman–Crippen LogP) is 6.83. The first-order valence-corrected chi connectivity index (χ1v) is 16.4. The van der Waals surface area contributed by atoms with Crippen LogP contribution in [-0.4, -0.2) is 24.9 Å². The van der Waals surface area contributed by atoms with E-state index in [1.54, 1.807) is 0 Å².